The molecule has 0 aliphatic rings. The van der Waals surface area contributed by atoms with Gasteiger partial charge in [0.15, 0.2) is 11.6 Å². The molecule has 0 spiro atoms. The zero-order chi connectivity index (χ0) is 12.0. The van der Waals surface area contributed by atoms with Gasteiger partial charge in [0.25, 0.3) is 0 Å². The van der Waals surface area contributed by atoms with Crippen molar-refractivity contribution in [2.75, 3.05) is 13.7 Å². The van der Waals surface area contributed by atoms with Gasteiger partial charge in [-0.05, 0) is 31.2 Å². The second-order valence-electron chi connectivity index (χ2n) is 3.60. The Kier molecular flexibility index (Phi) is 4.99. The van der Waals surface area contributed by atoms with Gasteiger partial charge >= 0.3 is 0 Å². The lowest BCUT2D eigenvalue weighted by Gasteiger charge is -2.06. The van der Waals surface area contributed by atoms with Crippen LogP contribution in [0.15, 0.2) is 24.3 Å². The van der Waals surface area contributed by atoms with Crippen LogP contribution >= 0.6 is 0 Å². The minimum absolute atomic E-state index is 0.275. The lowest BCUT2D eigenvalue weighted by Crippen LogP contribution is -2.22. The third kappa shape index (κ3) is 3.66. The zero-order valence-corrected chi connectivity index (χ0v) is 9.96. The predicted octanol–water partition coefficient (Wildman–Crippen LogP) is 2.85. The van der Waals surface area contributed by atoms with Crippen molar-refractivity contribution in [1.29, 1.82) is 0 Å². The summed E-state index contributed by atoms with van der Waals surface area (Å²) in [6.07, 6.45) is 3.90. The van der Waals surface area contributed by atoms with Crippen LogP contribution in [-0.4, -0.2) is 19.7 Å². The minimum atomic E-state index is -0.333. The van der Waals surface area contributed by atoms with Gasteiger partial charge in [0.05, 0.1) is 7.11 Å². The highest BCUT2D eigenvalue weighted by Crippen LogP contribution is 2.18. The Balaban J connectivity index is 2.71. The molecule has 0 fully saturated rings. The Morgan fingerprint density at radius 3 is 2.81 bits per heavy atom. The van der Waals surface area contributed by atoms with Crippen LogP contribution in [0.25, 0.3) is 6.08 Å². The van der Waals surface area contributed by atoms with Gasteiger partial charge in [0.2, 0.25) is 0 Å². The van der Waals surface area contributed by atoms with Crippen LogP contribution in [-0.2, 0) is 0 Å². The summed E-state index contributed by atoms with van der Waals surface area (Å²) in [5.74, 6) is -0.0577. The SMILES string of the molecule is CCNC(C)/C=C/c1ccc(OC)c(F)c1. The number of halogens is 1. The third-order valence-corrected chi connectivity index (χ3v) is 2.28. The topological polar surface area (TPSA) is 21.3 Å². The molecule has 88 valence electrons. The summed E-state index contributed by atoms with van der Waals surface area (Å²) >= 11 is 0. The quantitative estimate of drug-likeness (QED) is 0.828. The Hall–Kier alpha value is -1.35. The van der Waals surface area contributed by atoms with Crippen LogP contribution in [0.5, 0.6) is 5.75 Å². The molecule has 0 aliphatic carbocycles. The van der Waals surface area contributed by atoms with E-state index in [1.165, 1.54) is 13.2 Å². The number of nitrogens with one attached hydrogen (secondary N) is 1. The van der Waals surface area contributed by atoms with Gasteiger partial charge in [-0.15, -0.1) is 0 Å². The smallest absolute Gasteiger partial charge is 0.165 e. The van der Waals surface area contributed by atoms with Crippen LogP contribution < -0.4 is 10.1 Å². The molecule has 1 atom stereocenters. The number of hydrogen-bond donors (Lipinski definition) is 1. The van der Waals surface area contributed by atoms with Crippen LogP contribution in [0.1, 0.15) is 19.4 Å². The van der Waals surface area contributed by atoms with E-state index in [0.717, 1.165) is 12.1 Å². The molecule has 0 saturated carbocycles. The molecule has 16 heavy (non-hydrogen) atoms. The largest absolute Gasteiger partial charge is 0.494 e. The Labute approximate surface area is 96.1 Å². The maximum atomic E-state index is 13.3. The molecule has 1 N–H and O–H groups in total. The normalized spacial score (nSPS) is 13.0. The number of likely N-dealkylation sites (N-methyl/N-ethyl adjacent to an activating group) is 1. The number of rotatable bonds is 5. The van der Waals surface area contributed by atoms with E-state index in [4.69, 9.17) is 4.74 Å². The summed E-state index contributed by atoms with van der Waals surface area (Å²) in [4.78, 5) is 0. The second-order valence-corrected chi connectivity index (χ2v) is 3.60. The Morgan fingerprint density at radius 2 is 2.25 bits per heavy atom. The maximum Gasteiger partial charge on any atom is 0.165 e. The highest BCUT2D eigenvalue weighted by atomic mass is 19.1. The van der Waals surface area contributed by atoms with Crippen molar-refractivity contribution in [1.82, 2.24) is 5.32 Å². The first-order valence-electron chi connectivity index (χ1n) is 5.42. The average molecular weight is 223 g/mol. The van der Waals surface area contributed by atoms with Gasteiger partial charge in [0, 0.05) is 6.04 Å². The number of hydrogen-bond acceptors (Lipinski definition) is 2. The van der Waals surface area contributed by atoms with Gasteiger partial charge in [-0.3, -0.25) is 0 Å². The summed E-state index contributed by atoms with van der Waals surface area (Å²) in [6.45, 7) is 5.03. The Morgan fingerprint density at radius 1 is 1.50 bits per heavy atom. The van der Waals surface area contributed by atoms with Crippen molar-refractivity contribution in [2.45, 2.75) is 19.9 Å². The van der Waals surface area contributed by atoms with Crippen LogP contribution in [0.4, 0.5) is 4.39 Å². The van der Waals surface area contributed by atoms with Gasteiger partial charge in [-0.1, -0.05) is 25.1 Å². The molecule has 0 heterocycles. The first-order chi connectivity index (χ1) is 7.67. The van der Waals surface area contributed by atoms with Crippen LogP contribution in [0.3, 0.4) is 0 Å². The second kappa shape index (κ2) is 6.28. The number of ether oxygens (including phenoxy) is 1. The summed E-state index contributed by atoms with van der Waals surface area (Å²) < 4.78 is 18.2. The number of benzene rings is 1. The molecular weight excluding hydrogens is 205 g/mol. The summed E-state index contributed by atoms with van der Waals surface area (Å²) in [5.41, 5.74) is 0.836. The van der Waals surface area contributed by atoms with Crippen LogP contribution in [0, 0.1) is 5.82 Å². The van der Waals surface area contributed by atoms with Gasteiger partial charge in [0.1, 0.15) is 0 Å². The van der Waals surface area contributed by atoms with Crippen molar-refractivity contribution in [3.05, 3.63) is 35.7 Å². The van der Waals surface area contributed by atoms with Gasteiger partial charge < -0.3 is 10.1 Å². The lowest BCUT2D eigenvalue weighted by molar-refractivity contribution is 0.386. The monoisotopic (exact) mass is 223 g/mol. The van der Waals surface area contributed by atoms with E-state index in [1.54, 1.807) is 6.07 Å². The Bertz CT molecular complexity index is 363. The molecular formula is C13H18FNO. The molecule has 0 aliphatic heterocycles. The molecule has 0 aromatic heterocycles. The van der Waals surface area contributed by atoms with Crippen molar-refractivity contribution in [3.8, 4) is 5.75 Å². The molecule has 1 rings (SSSR count). The van der Waals surface area contributed by atoms with E-state index in [0.29, 0.717) is 0 Å². The predicted molar refractivity (Wildman–Crippen MR) is 65.1 cm³/mol. The van der Waals surface area contributed by atoms with Crippen molar-refractivity contribution in [2.24, 2.45) is 0 Å². The van der Waals surface area contributed by atoms with Crippen molar-refractivity contribution in [3.63, 3.8) is 0 Å². The summed E-state index contributed by atoms with van der Waals surface area (Å²) in [6, 6.07) is 5.22. The summed E-state index contributed by atoms with van der Waals surface area (Å²) in [7, 11) is 1.46. The van der Waals surface area contributed by atoms with E-state index < -0.39 is 0 Å². The summed E-state index contributed by atoms with van der Waals surface area (Å²) in [5, 5.41) is 3.25. The molecule has 3 heteroatoms. The fraction of sp³-hybridized carbons (Fsp3) is 0.385. The molecule has 1 aromatic carbocycles. The van der Waals surface area contributed by atoms with E-state index in [1.807, 2.05) is 18.2 Å². The highest BCUT2D eigenvalue weighted by Gasteiger charge is 2.01. The molecule has 0 radical (unpaired) electrons. The standard InChI is InChI=1S/C13H18FNO/c1-4-15-10(2)5-6-11-7-8-13(16-3)12(14)9-11/h5-10,15H,4H2,1-3H3/b6-5+. The third-order valence-electron chi connectivity index (χ3n) is 2.28. The average Bonchev–Trinajstić information content (AvgIpc) is 2.27. The van der Waals surface area contributed by atoms with Crippen molar-refractivity contribution < 1.29 is 9.13 Å². The van der Waals surface area contributed by atoms with Gasteiger partial charge in [-0.25, -0.2) is 4.39 Å². The van der Waals surface area contributed by atoms with E-state index in [2.05, 4.69) is 19.2 Å². The highest BCUT2D eigenvalue weighted by molar-refractivity contribution is 5.51. The number of methoxy groups -OCH3 is 1. The molecule has 0 bridgehead atoms. The fourth-order valence-corrected chi connectivity index (χ4v) is 1.43. The minimum Gasteiger partial charge on any atom is -0.494 e. The molecule has 0 saturated heterocycles. The van der Waals surface area contributed by atoms with Gasteiger partial charge in [-0.2, -0.15) is 0 Å². The molecule has 2 nitrogen and oxygen atoms in total. The van der Waals surface area contributed by atoms with Crippen molar-refractivity contribution >= 4 is 6.08 Å². The maximum absolute atomic E-state index is 13.3. The molecule has 1 unspecified atom stereocenters. The fourth-order valence-electron chi connectivity index (χ4n) is 1.43. The lowest BCUT2D eigenvalue weighted by atomic mass is 10.1. The first-order valence-corrected chi connectivity index (χ1v) is 5.42. The van der Waals surface area contributed by atoms with E-state index in [9.17, 15) is 4.39 Å². The molecule has 1 aromatic rings. The zero-order valence-electron chi connectivity index (χ0n) is 9.96. The van der Waals surface area contributed by atoms with E-state index >= 15 is 0 Å². The van der Waals surface area contributed by atoms with E-state index in [-0.39, 0.29) is 17.6 Å². The van der Waals surface area contributed by atoms with Crippen LogP contribution in [0.2, 0.25) is 0 Å². The molecule has 0 amide bonds. The first kappa shape index (κ1) is 12.7.